The first-order chi connectivity index (χ1) is 7.56. The van der Waals surface area contributed by atoms with Gasteiger partial charge in [0, 0.05) is 13.1 Å². The third-order valence-corrected chi connectivity index (χ3v) is 2.88. The SMILES string of the molecule is CCOC(=O)[C@H]1CCCN(C(=O)[C@@H](C)Cl)C1. The number of amides is 1. The molecule has 0 aromatic rings. The number of hydrogen-bond donors (Lipinski definition) is 0. The zero-order valence-electron chi connectivity index (χ0n) is 9.74. The number of nitrogens with zero attached hydrogens (tertiary/aromatic N) is 1. The van der Waals surface area contributed by atoms with Crippen molar-refractivity contribution in [2.75, 3.05) is 19.7 Å². The Labute approximate surface area is 101 Å². The second-order valence-corrected chi connectivity index (χ2v) is 4.65. The van der Waals surface area contributed by atoms with Crippen molar-refractivity contribution >= 4 is 23.5 Å². The molecule has 16 heavy (non-hydrogen) atoms. The lowest BCUT2D eigenvalue weighted by Gasteiger charge is -2.32. The van der Waals surface area contributed by atoms with Crippen LogP contribution in [0.5, 0.6) is 0 Å². The predicted octanol–water partition coefficient (Wildman–Crippen LogP) is 1.42. The Bertz CT molecular complexity index is 268. The van der Waals surface area contributed by atoms with E-state index in [4.69, 9.17) is 16.3 Å². The minimum absolute atomic E-state index is 0.101. The van der Waals surface area contributed by atoms with Gasteiger partial charge in [0.05, 0.1) is 12.5 Å². The summed E-state index contributed by atoms with van der Waals surface area (Å²) in [7, 11) is 0. The van der Waals surface area contributed by atoms with Gasteiger partial charge < -0.3 is 9.64 Å². The van der Waals surface area contributed by atoms with Gasteiger partial charge in [0.15, 0.2) is 0 Å². The number of carbonyl (C=O) groups excluding carboxylic acids is 2. The number of halogens is 1. The molecule has 1 aliphatic rings. The number of esters is 1. The summed E-state index contributed by atoms with van der Waals surface area (Å²) in [4.78, 5) is 24.9. The highest BCUT2D eigenvalue weighted by Crippen LogP contribution is 2.19. The maximum Gasteiger partial charge on any atom is 0.310 e. The standard InChI is InChI=1S/C11H18ClNO3/c1-3-16-11(15)9-5-4-6-13(7-9)10(14)8(2)12/h8-9H,3-7H2,1-2H3/t8-,9+/m1/s1. The number of rotatable bonds is 3. The second kappa shape index (κ2) is 6.09. The molecular weight excluding hydrogens is 230 g/mol. The van der Waals surface area contributed by atoms with Crippen molar-refractivity contribution in [3.05, 3.63) is 0 Å². The quantitative estimate of drug-likeness (QED) is 0.560. The van der Waals surface area contributed by atoms with E-state index in [1.54, 1.807) is 18.7 Å². The van der Waals surface area contributed by atoms with Crippen LogP contribution >= 0.6 is 11.6 Å². The second-order valence-electron chi connectivity index (χ2n) is 3.99. The van der Waals surface area contributed by atoms with Crippen LogP contribution in [0.1, 0.15) is 26.7 Å². The van der Waals surface area contributed by atoms with Crippen molar-refractivity contribution in [3.63, 3.8) is 0 Å². The fourth-order valence-corrected chi connectivity index (χ4v) is 2.02. The molecule has 92 valence electrons. The van der Waals surface area contributed by atoms with Crippen LogP contribution in [-0.2, 0) is 14.3 Å². The lowest BCUT2D eigenvalue weighted by atomic mass is 9.98. The molecule has 1 saturated heterocycles. The Morgan fingerprint density at radius 2 is 2.25 bits per heavy atom. The normalized spacial score (nSPS) is 22.7. The Morgan fingerprint density at radius 1 is 1.56 bits per heavy atom. The summed E-state index contributed by atoms with van der Waals surface area (Å²) in [5, 5.41) is -0.527. The first-order valence-electron chi connectivity index (χ1n) is 5.65. The molecule has 1 heterocycles. The first-order valence-corrected chi connectivity index (χ1v) is 6.09. The number of likely N-dealkylation sites (tertiary alicyclic amines) is 1. The minimum atomic E-state index is -0.527. The highest BCUT2D eigenvalue weighted by molar-refractivity contribution is 6.30. The number of piperidine rings is 1. The molecule has 0 bridgehead atoms. The molecule has 2 atom stereocenters. The van der Waals surface area contributed by atoms with Crippen molar-refractivity contribution in [2.45, 2.75) is 32.1 Å². The minimum Gasteiger partial charge on any atom is -0.466 e. The topological polar surface area (TPSA) is 46.6 Å². The van der Waals surface area contributed by atoms with Crippen molar-refractivity contribution in [3.8, 4) is 0 Å². The Balaban J connectivity index is 2.53. The number of carbonyl (C=O) groups is 2. The van der Waals surface area contributed by atoms with Crippen molar-refractivity contribution in [1.29, 1.82) is 0 Å². The predicted molar refractivity (Wildman–Crippen MR) is 61.3 cm³/mol. The Morgan fingerprint density at radius 3 is 2.81 bits per heavy atom. The molecule has 0 aromatic heterocycles. The zero-order valence-corrected chi connectivity index (χ0v) is 10.5. The van der Waals surface area contributed by atoms with E-state index in [1.165, 1.54) is 0 Å². The van der Waals surface area contributed by atoms with E-state index >= 15 is 0 Å². The molecule has 5 heteroatoms. The average Bonchev–Trinajstić information content (AvgIpc) is 2.28. The summed E-state index contributed by atoms with van der Waals surface area (Å²) in [5.41, 5.74) is 0. The maximum absolute atomic E-state index is 11.7. The highest BCUT2D eigenvalue weighted by Gasteiger charge is 2.30. The summed E-state index contributed by atoms with van der Waals surface area (Å²) < 4.78 is 4.96. The van der Waals surface area contributed by atoms with Gasteiger partial charge in [-0.2, -0.15) is 0 Å². The third kappa shape index (κ3) is 3.37. The van der Waals surface area contributed by atoms with Crippen LogP contribution in [0.25, 0.3) is 0 Å². The third-order valence-electron chi connectivity index (χ3n) is 2.69. The van der Waals surface area contributed by atoms with Crippen LogP contribution in [0.2, 0.25) is 0 Å². The van der Waals surface area contributed by atoms with Gasteiger partial charge in [-0.05, 0) is 26.7 Å². The van der Waals surface area contributed by atoms with Gasteiger partial charge in [0.2, 0.25) is 5.91 Å². The lowest BCUT2D eigenvalue weighted by Crippen LogP contribution is -2.45. The summed E-state index contributed by atoms with van der Waals surface area (Å²) in [6.07, 6.45) is 1.62. The van der Waals surface area contributed by atoms with E-state index in [0.29, 0.717) is 19.7 Å². The highest BCUT2D eigenvalue weighted by atomic mass is 35.5. The molecule has 0 saturated carbocycles. The van der Waals surface area contributed by atoms with Crippen LogP contribution in [0, 0.1) is 5.92 Å². The van der Waals surface area contributed by atoms with Gasteiger partial charge >= 0.3 is 5.97 Å². The molecule has 0 N–H and O–H groups in total. The molecule has 1 aliphatic heterocycles. The van der Waals surface area contributed by atoms with E-state index in [1.807, 2.05) is 0 Å². The van der Waals surface area contributed by atoms with E-state index in [9.17, 15) is 9.59 Å². The molecule has 1 fully saturated rings. The maximum atomic E-state index is 11.7. The van der Waals surface area contributed by atoms with Gasteiger partial charge in [0.25, 0.3) is 0 Å². The van der Waals surface area contributed by atoms with Gasteiger partial charge in [-0.3, -0.25) is 9.59 Å². The summed E-state index contributed by atoms with van der Waals surface area (Å²) in [6.45, 7) is 4.94. The number of alkyl halides is 1. The van der Waals surface area contributed by atoms with Crippen molar-refractivity contribution in [2.24, 2.45) is 5.92 Å². The lowest BCUT2D eigenvalue weighted by molar-refractivity contribution is -0.151. The van der Waals surface area contributed by atoms with E-state index < -0.39 is 5.38 Å². The van der Waals surface area contributed by atoms with Crippen LogP contribution in [0.3, 0.4) is 0 Å². The molecule has 0 unspecified atom stereocenters. The van der Waals surface area contributed by atoms with Gasteiger partial charge in [0.1, 0.15) is 5.38 Å². The van der Waals surface area contributed by atoms with E-state index in [-0.39, 0.29) is 17.8 Å². The van der Waals surface area contributed by atoms with Gasteiger partial charge in [-0.15, -0.1) is 11.6 Å². The van der Waals surface area contributed by atoms with E-state index in [2.05, 4.69) is 0 Å². The van der Waals surface area contributed by atoms with Gasteiger partial charge in [-0.1, -0.05) is 0 Å². The van der Waals surface area contributed by atoms with Crippen LogP contribution in [0.4, 0.5) is 0 Å². The van der Waals surface area contributed by atoms with Crippen molar-refractivity contribution < 1.29 is 14.3 Å². The fraction of sp³-hybridized carbons (Fsp3) is 0.818. The number of ether oxygens (including phenoxy) is 1. The number of hydrogen-bond acceptors (Lipinski definition) is 3. The molecule has 4 nitrogen and oxygen atoms in total. The molecule has 0 spiro atoms. The van der Waals surface area contributed by atoms with E-state index in [0.717, 1.165) is 12.8 Å². The molecule has 0 radical (unpaired) electrons. The molecule has 1 amide bonds. The average molecular weight is 248 g/mol. The zero-order chi connectivity index (χ0) is 12.1. The molecule has 0 aliphatic carbocycles. The van der Waals surface area contributed by atoms with Gasteiger partial charge in [-0.25, -0.2) is 0 Å². The van der Waals surface area contributed by atoms with Crippen LogP contribution < -0.4 is 0 Å². The van der Waals surface area contributed by atoms with Crippen LogP contribution in [0.15, 0.2) is 0 Å². The summed E-state index contributed by atoms with van der Waals surface area (Å²) in [6, 6.07) is 0. The fourth-order valence-electron chi connectivity index (χ4n) is 1.88. The van der Waals surface area contributed by atoms with Crippen molar-refractivity contribution in [1.82, 2.24) is 4.90 Å². The Hall–Kier alpha value is -0.770. The largest absolute Gasteiger partial charge is 0.466 e. The smallest absolute Gasteiger partial charge is 0.310 e. The molecular formula is C11H18ClNO3. The molecule has 1 rings (SSSR count). The summed E-state index contributed by atoms with van der Waals surface area (Å²) in [5.74, 6) is -0.494. The Kier molecular flexibility index (Phi) is 5.06. The van der Waals surface area contributed by atoms with Crippen LogP contribution in [-0.4, -0.2) is 41.8 Å². The monoisotopic (exact) mass is 247 g/mol. The first kappa shape index (κ1) is 13.3. The molecule has 0 aromatic carbocycles. The summed E-state index contributed by atoms with van der Waals surface area (Å²) >= 11 is 5.74.